The largest absolute Gasteiger partial charge is 0.335 e. The summed E-state index contributed by atoms with van der Waals surface area (Å²) in [5.41, 5.74) is 1.09. The number of nitrogens with zero attached hydrogens (tertiary/aromatic N) is 1. The van der Waals surface area contributed by atoms with Gasteiger partial charge < -0.3 is 5.32 Å². The van der Waals surface area contributed by atoms with Crippen LogP contribution >= 0.6 is 27.7 Å². The summed E-state index contributed by atoms with van der Waals surface area (Å²) in [6.07, 6.45) is 0. The van der Waals surface area contributed by atoms with Crippen molar-refractivity contribution in [3.8, 4) is 0 Å². The van der Waals surface area contributed by atoms with Crippen LogP contribution in [0.15, 0.2) is 33.7 Å². The van der Waals surface area contributed by atoms with Crippen LogP contribution in [0.3, 0.4) is 0 Å². The van der Waals surface area contributed by atoms with Gasteiger partial charge in [-0.05, 0) is 24.1 Å². The van der Waals surface area contributed by atoms with Crippen LogP contribution < -0.4 is 5.32 Å². The molecule has 2 nitrogen and oxygen atoms in total. The summed E-state index contributed by atoms with van der Waals surface area (Å²) < 4.78 is 1.08. The molecule has 4 heteroatoms. The Hall–Kier alpha value is -0.480. The van der Waals surface area contributed by atoms with Crippen molar-refractivity contribution < 1.29 is 0 Å². The van der Waals surface area contributed by atoms with E-state index in [4.69, 9.17) is 0 Å². The minimum absolute atomic E-state index is 0.620. The van der Waals surface area contributed by atoms with Crippen molar-refractivity contribution in [1.82, 2.24) is 0 Å². The first-order valence-electron chi connectivity index (χ1n) is 5.39. The zero-order valence-corrected chi connectivity index (χ0v) is 11.8. The Kier molecular flexibility index (Phi) is 3.92. The van der Waals surface area contributed by atoms with Gasteiger partial charge in [0.15, 0.2) is 5.17 Å². The second-order valence-corrected chi connectivity index (χ2v) is 6.33. The van der Waals surface area contributed by atoms with E-state index in [0.717, 1.165) is 21.9 Å². The molecule has 0 aromatic heterocycles. The number of hydrogen-bond acceptors (Lipinski definition) is 3. The first kappa shape index (κ1) is 12.0. The molecule has 1 aromatic rings. The Morgan fingerprint density at radius 3 is 2.94 bits per heavy atom. The van der Waals surface area contributed by atoms with Crippen LogP contribution in [0, 0.1) is 5.92 Å². The second kappa shape index (κ2) is 5.23. The van der Waals surface area contributed by atoms with Gasteiger partial charge in [-0.15, -0.1) is 0 Å². The SMILES string of the molecule is CC(C)C1CN=C(Nc2cccc(Br)c2)S1. The Morgan fingerprint density at radius 2 is 2.31 bits per heavy atom. The van der Waals surface area contributed by atoms with E-state index in [1.165, 1.54) is 0 Å². The Morgan fingerprint density at radius 1 is 1.50 bits per heavy atom. The van der Waals surface area contributed by atoms with Gasteiger partial charge >= 0.3 is 0 Å². The van der Waals surface area contributed by atoms with Gasteiger partial charge in [0.05, 0.1) is 6.54 Å². The molecule has 0 aliphatic carbocycles. The molecule has 0 radical (unpaired) electrons. The van der Waals surface area contributed by atoms with Crippen molar-refractivity contribution in [2.75, 3.05) is 11.9 Å². The average Bonchev–Trinajstić information content (AvgIpc) is 2.66. The first-order valence-corrected chi connectivity index (χ1v) is 7.06. The molecule has 16 heavy (non-hydrogen) atoms. The van der Waals surface area contributed by atoms with E-state index in [1.807, 2.05) is 23.9 Å². The molecule has 0 saturated carbocycles. The van der Waals surface area contributed by atoms with Crippen LogP contribution in [-0.2, 0) is 0 Å². The quantitative estimate of drug-likeness (QED) is 0.893. The van der Waals surface area contributed by atoms with Gasteiger partial charge in [0.25, 0.3) is 0 Å². The maximum Gasteiger partial charge on any atom is 0.161 e. The summed E-state index contributed by atoms with van der Waals surface area (Å²) in [5.74, 6) is 0.676. The smallest absolute Gasteiger partial charge is 0.161 e. The predicted octanol–water partition coefficient (Wildman–Crippen LogP) is 3.99. The highest BCUT2D eigenvalue weighted by Gasteiger charge is 2.22. The van der Waals surface area contributed by atoms with Gasteiger partial charge in [0.2, 0.25) is 0 Å². The number of thioether (sulfide) groups is 1. The fraction of sp³-hybridized carbons (Fsp3) is 0.417. The number of rotatable bonds is 2. The van der Waals surface area contributed by atoms with Gasteiger partial charge in [-0.3, -0.25) is 4.99 Å². The van der Waals surface area contributed by atoms with E-state index in [2.05, 4.69) is 52.2 Å². The van der Waals surface area contributed by atoms with Crippen molar-refractivity contribution in [3.63, 3.8) is 0 Å². The lowest BCUT2D eigenvalue weighted by molar-refractivity contribution is 0.621. The zero-order valence-electron chi connectivity index (χ0n) is 9.40. The number of benzene rings is 1. The normalized spacial score (nSPS) is 20.0. The molecule has 0 amide bonds. The van der Waals surface area contributed by atoms with E-state index in [1.54, 1.807) is 0 Å². The highest BCUT2D eigenvalue weighted by atomic mass is 79.9. The van der Waals surface area contributed by atoms with Crippen LogP contribution in [0.25, 0.3) is 0 Å². The molecule has 0 fully saturated rings. The molecule has 86 valence electrons. The minimum Gasteiger partial charge on any atom is -0.335 e. The number of anilines is 1. The third-order valence-electron chi connectivity index (χ3n) is 2.50. The number of amidine groups is 1. The van der Waals surface area contributed by atoms with Crippen LogP contribution in [0.1, 0.15) is 13.8 Å². The van der Waals surface area contributed by atoms with Crippen LogP contribution in [-0.4, -0.2) is 17.0 Å². The van der Waals surface area contributed by atoms with E-state index in [9.17, 15) is 0 Å². The van der Waals surface area contributed by atoms with E-state index < -0.39 is 0 Å². The Balaban J connectivity index is 1.97. The molecule has 1 aromatic carbocycles. The van der Waals surface area contributed by atoms with Crippen LogP contribution in [0.4, 0.5) is 5.69 Å². The summed E-state index contributed by atoms with van der Waals surface area (Å²) in [6, 6.07) is 8.15. The fourth-order valence-electron chi connectivity index (χ4n) is 1.50. The maximum atomic E-state index is 4.52. The van der Waals surface area contributed by atoms with E-state index in [0.29, 0.717) is 11.2 Å². The highest BCUT2D eigenvalue weighted by Crippen LogP contribution is 2.28. The zero-order chi connectivity index (χ0) is 11.5. The van der Waals surface area contributed by atoms with Crippen LogP contribution in [0.2, 0.25) is 0 Å². The van der Waals surface area contributed by atoms with Crippen molar-refractivity contribution >= 4 is 38.5 Å². The molecule has 1 atom stereocenters. The molecular formula is C12H15BrN2S. The molecular weight excluding hydrogens is 284 g/mol. The monoisotopic (exact) mass is 298 g/mol. The number of aliphatic imine (C=N–C) groups is 1. The van der Waals surface area contributed by atoms with Crippen molar-refractivity contribution in [2.24, 2.45) is 10.9 Å². The summed E-state index contributed by atoms with van der Waals surface area (Å²) in [6.45, 7) is 5.42. The van der Waals surface area contributed by atoms with Gasteiger partial charge in [0, 0.05) is 15.4 Å². The molecule has 1 aliphatic rings. The van der Waals surface area contributed by atoms with E-state index >= 15 is 0 Å². The van der Waals surface area contributed by atoms with Crippen LogP contribution in [0.5, 0.6) is 0 Å². The maximum absolute atomic E-state index is 4.52. The Bertz CT molecular complexity index is 404. The lowest BCUT2D eigenvalue weighted by Gasteiger charge is -2.12. The first-order chi connectivity index (χ1) is 7.65. The van der Waals surface area contributed by atoms with Gasteiger partial charge in [-0.1, -0.05) is 47.6 Å². The fourth-order valence-corrected chi connectivity index (χ4v) is 2.93. The molecule has 1 unspecified atom stereocenters. The molecule has 2 rings (SSSR count). The molecule has 1 heterocycles. The van der Waals surface area contributed by atoms with Gasteiger partial charge in [-0.25, -0.2) is 0 Å². The van der Waals surface area contributed by atoms with Gasteiger partial charge in [0.1, 0.15) is 0 Å². The predicted molar refractivity (Wildman–Crippen MR) is 76.3 cm³/mol. The molecule has 1 aliphatic heterocycles. The number of hydrogen-bond donors (Lipinski definition) is 1. The molecule has 0 saturated heterocycles. The number of nitrogens with one attached hydrogen (secondary N) is 1. The van der Waals surface area contributed by atoms with E-state index in [-0.39, 0.29) is 0 Å². The third-order valence-corrected chi connectivity index (χ3v) is 4.44. The van der Waals surface area contributed by atoms with Gasteiger partial charge in [-0.2, -0.15) is 0 Å². The minimum atomic E-state index is 0.620. The van der Waals surface area contributed by atoms with Crippen molar-refractivity contribution in [1.29, 1.82) is 0 Å². The summed E-state index contributed by atoms with van der Waals surface area (Å²) in [4.78, 5) is 4.52. The Labute approximate surface area is 109 Å². The van der Waals surface area contributed by atoms with Crippen molar-refractivity contribution in [3.05, 3.63) is 28.7 Å². The summed E-state index contributed by atoms with van der Waals surface area (Å²) in [5, 5.41) is 5.01. The molecule has 1 N–H and O–H groups in total. The lowest BCUT2D eigenvalue weighted by atomic mass is 10.1. The standard InChI is InChI=1S/C12H15BrN2S/c1-8(2)11-7-14-12(16-11)15-10-5-3-4-9(13)6-10/h3-6,8,11H,7H2,1-2H3,(H,14,15). The summed E-state index contributed by atoms with van der Waals surface area (Å²) >= 11 is 5.30. The average molecular weight is 299 g/mol. The topological polar surface area (TPSA) is 24.4 Å². The lowest BCUT2D eigenvalue weighted by Crippen LogP contribution is -2.13. The summed E-state index contributed by atoms with van der Waals surface area (Å²) in [7, 11) is 0. The number of halogens is 1. The molecule has 0 bridgehead atoms. The third kappa shape index (κ3) is 3.01. The highest BCUT2D eigenvalue weighted by molar-refractivity contribution is 9.10. The van der Waals surface area contributed by atoms with Crippen molar-refractivity contribution in [2.45, 2.75) is 19.1 Å². The molecule has 0 spiro atoms. The second-order valence-electron chi connectivity index (χ2n) is 4.18.